The van der Waals surface area contributed by atoms with Crippen molar-refractivity contribution < 1.29 is 14.0 Å². The molecule has 154 valence electrons. The molecule has 3 heterocycles. The van der Waals surface area contributed by atoms with Gasteiger partial charge in [0.2, 0.25) is 5.91 Å². The van der Waals surface area contributed by atoms with Crippen LogP contribution >= 0.6 is 0 Å². The Morgan fingerprint density at radius 2 is 1.86 bits per heavy atom. The largest absolute Gasteiger partial charge is 0.339 e. The third kappa shape index (κ3) is 4.33. The average Bonchev–Trinajstić information content (AvgIpc) is 3.30. The molecule has 1 aromatic carbocycles. The lowest BCUT2D eigenvalue weighted by molar-refractivity contribution is -0.136. The lowest BCUT2D eigenvalue weighted by atomic mass is 9.83. The van der Waals surface area contributed by atoms with E-state index in [1.54, 1.807) is 30.5 Å². The molecule has 0 unspecified atom stereocenters. The van der Waals surface area contributed by atoms with Crippen molar-refractivity contribution in [2.24, 2.45) is 5.92 Å². The van der Waals surface area contributed by atoms with Crippen LogP contribution in [0.25, 0.3) is 0 Å². The molecule has 2 aliphatic rings. The molecule has 1 aromatic heterocycles. The maximum atomic E-state index is 14.0. The smallest absolute Gasteiger partial charge is 0.271 e. The molecule has 2 aromatic rings. The van der Waals surface area contributed by atoms with Gasteiger partial charge >= 0.3 is 0 Å². The Hall–Kier alpha value is -2.70. The fourth-order valence-electron chi connectivity index (χ4n) is 4.70. The number of piperidine rings is 2. The summed E-state index contributed by atoms with van der Waals surface area (Å²) in [5.74, 6) is 0.0542. The highest BCUT2D eigenvalue weighted by atomic mass is 19.1. The summed E-state index contributed by atoms with van der Waals surface area (Å²) < 4.78 is 14.0. The second-order valence-electron chi connectivity index (χ2n) is 8.02. The molecule has 0 spiro atoms. The molecule has 6 nitrogen and oxygen atoms in total. The van der Waals surface area contributed by atoms with Gasteiger partial charge in [-0.25, -0.2) is 4.39 Å². The summed E-state index contributed by atoms with van der Waals surface area (Å²) in [5.41, 5.74) is 0.976. The number of nitrogens with one attached hydrogen (secondary N) is 1. The zero-order valence-corrected chi connectivity index (χ0v) is 16.5. The fourth-order valence-corrected chi connectivity index (χ4v) is 4.70. The van der Waals surface area contributed by atoms with Gasteiger partial charge in [0, 0.05) is 31.9 Å². The summed E-state index contributed by atoms with van der Waals surface area (Å²) in [5, 5.41) is 6.59. The first-order valence-corrected chi connectivity index (χ1v) is 10.4. The van der Waals surface area contributed by atoms with Gasteiger partial charge in [-0.05, 0) is 55.7 Å². The van der Waals surface area contributed by atoms with E-state index in [1.807, 2.05) is 9.80 Å². The highest BCUT2D eigenvalue weighted by Crippen LogP contribution is 2.31. The van der Waals surface area contributed by atoms with Crippen molar-refractivity contribution in [3.05, 3.63) is 53.6 Å². The van der Waals surface area contributed by atoms with Crippen LogP contribution in [0.2, 0.25) is 0 Å². The van der Waals surface area contributed by atoms with E-state index < -0.39 is 0 Å². The number of halogens is 1. The summed E-state index contributed by atoms with van der Waals surface area (Å²) in [4.78, 5) is 29.3. The first-order chi connectivity index (χ1) is 14.1. The third-order valence-electron chi connectivity index (χ3n) is 6.27. The first kappa shape index (κ1) is 19.6. The number of rotatable bonds is 4. The van der Waals surface area contributed by atoms with Crippen LogP contribution in [0, 0.1) is 11.7 Å². The normalized spacial score (nSPS) is 20.7. The molecule has 1 N–H and O–H groups in total. The number of carbonyl (C=O) groups is 2. The lowest BCUT2D eigenvalue weighted by Gasteiger charge is -2.43. The third-order valence-corrected chi connectivity index (χ3v) is 6.27. The van der Waals surface area contributed by atoms with Gasteiger partial charge in [-0.15, -0.1) is 0 Å². The van der Waals surface area contributed by atoms with Gasteiger partial charge in [0.15, 0.2) is 0 Å². The molecule has 2 aliphatic heterocycles. The van der Waals surface area contributed by atoms with Gasteiger partial charge in [0.1, 0.15) is 11.5 Å². The van der Waals surface area contributed by atoms with Crippen molar-refractivity contribution in [3.63, 3.8) is 0 Å². The minimum Gasteiger partial charge on any atom is -0.339 e. The zero-order valence-electron chi connectivity index (χ0n) is 16.5. The van der Waals surface area contributed by atoms with Gasteiger partial charge in [-0.1, -0.05) is 18.2 Å². The lowest BCUT2D eigenvalue weighted by Crippen LogP contribution is -2.51. The molecule has 4 rings (SSSR count). The maximum Gasteiger partial charge on any atom is 0.271 e. The van der Waals surface area contributed by atoms with Gasteiger partial charge in [-0.2, -0.15) is 5.10 Å². The number of amides is 2. The van der Waals surface area contributed by atoms with Crippen LogP contribution in [-0.2, 0) is 11.2 Å². The van der Waals surface area contributed by atoms with Crippen molar-refractivity contribution in [2.75, 3.05) is 19.6 Å². The molecule has 2 saturated heterocycles. The van der Waals surface area contributed by atoms with Crippen molar-refractivity contribution in [2.45, 2.75) is 44.6 Å². The average molecular weight is 398 g/mol. The Morgan fingerprint density at radius 1 is 1.07 bits per heavy atom. The number of benzene rings is 1. The molecule has 0 aliphatic carbocycles. The molecule has 1 atom stereocenters. The number of aromatic amines is 1. The Labute approximate surface area is 170 Å². The molecule has 2 fully saturated rings. The summed E-state index contributed by atoms with van der Waals surface area (Å²) in [6.45, 7) is 2.12. The highest BCUT2D eigenvalue weighted by Gasteiger charge is 2.35. The first-order valence-electron chi connectivity index (χ1n) is 10.4. The van der Waals surface area contributed by atoms with E-state index in [0.29, 0.717) is 30.3 Å². The van der Waals surface area contributed by atoms with E-state index in [4.69, 9.17) is 0 Å². The van der Waals surface area contributed by atoms with E-state index in [0.717, 1.165) is 38.6 Å². The van der Waals surface area contributed by atoms with Crippen LogP contribution in [0.15, 0.2) is 36.5 Å². The van der Waals surface area contributed by atoms with E-state index in [2.05, 4.69) is 10.2 Å². The summed E-state index contributed by atoms with van der Waals surface area (Å²) >= 11 is 0. The van der Waals surface area contributed by atoms with E-state index >= 15 is 0 Å². The number of hydrogen-bond donors (Lipinski definition) is 1. The molecule has 29 heavy (non-hydrogen) atoms. The SMILES string of the molecule is O=C(c1ccn[nH]1)N1CCC([C@@H]2CCCCN2C(=O)Cc2ccccc2F)CC1. The van der Waals surface area contributed by atoms with Crippen molar-refractivity contribution in [3.8, 4) is 0 Å². The minimum absolute atomic E-state index is 0.00997. The maximum absolute atomic E-state index is 14.0. The van der Waals surface area contributed by atoms with E-state index in [-0.39, 0.29) is 30.1 Å². The van der Waals surface area contributed by atoms with Crippen LogP contribution in [-0.4, -0.2) is 57.5 Å². The summed E-state index contributed by atoms with van der Waals surface area (Å²) in [6.07, 6.45) is 6.56. The van der Waals surface area contributed by atoms with Gasteiger partial charge in [0.25, 0.3) is 5.91 Å². The second kappa shape index (κ2) is 8.76. The molecule has 0 bridgehead atoms. The minimum atomic E-state index is -0.319. The van der Waals surface area contributed by atoms with Gasteiger partial charge in [0.05, 0.1) is 6.42 Å². The van der Waals surface area contributed by atoms with Crippen LogP contribution in [0.1, 0.15) is 48.2 Å². The van der Waals surface area contributed by atoms with Crippen molar-refractivity contribution >= 4 is 11.8 Å². The number of likely N-dealkylation sites (tertiary alicyclic amines) is 2. The number of carbonyl (C=O) groups excluding carboxylic acids is 2. The molecule has 0 saturated carbocycles. The number of hydrogen-bond acceptors (Lipinski definition) is 3. The van der Waals surface area contributed by atoms with E-state index in [1.165, 1.54) is 6.07 Å². The quantitative estimate of drug-likeness (QED) is 0.861. The number of H-pyrrole nitrogens is 1. The van der Waals surface area contributed by atoms with Gasteiger partial charge < -0.3 is 9.80 Å². The van der Waals surface area contributed by atoms with Crippen molar-refractivity contribution in [1.82, 2.24) is 20.0 Å². The predicted octanol–water partition coefficient (Wildman–Crippen LogP) is 3.02. The Kier molecular flexibility index (Phi) is 5.92. The summed E-state index contributed by atoms with van der Waals surface area (Å²) in [6, 6.07) is 8.39. The van der Waals surface area contributed by atoms with E-state index in [9.17, 15) is 14.0 Å². The van der Waals surface area contributed by atoms with Crippen molar-refractivity contribution in [1.29, 1.82) is 0 Å². The zero-order chi connectivity index (χ0) is 20.2. The highest BCUT2D eigenvalue weighted by molar-refractivity contribution is 5.92. The van der Waals surface area contributed by atoms with Crippen LogP contribution in [0.4, 0.5) is 4.39 Å². The fraction of sp³-hybridized carbons (Fsp3) is 0.500. The van der Waals surface area contributed by atoms with Crippen LogP contribution in [0.3, 0.4) is 0 Å². The molecule has 7 heteroatoms. The second-order valence-corrected chi connectivity index (χ2v) is 8.02. The topological polar surface area (TPSA) is 69.3 Å². The predicted molar refractivity (Wildman–Crippen MR) is 107 cm³/mol. The Balaban J connectivity index is 1.38. The van der Waals surface area contributed by atoms with Crippen LogP contribution < -0.4 is 0 Å². The Morgan fingerprint density at radius 3 is 2.59 bits per heavy atom. The van der Waals surface area contributed by atoms with Crippen LogP contribution in [0.5, 0.6) is 0 Å². The number of nitrogens with zero attached hydrogens (tertiary/aromatic N) is 3. The molecular weight excluding hydrogens is 371 g/mol. The molecular formula is C22H27FN4O2. The standard InChI is InChI=1S/C22H27FN4O2/c23-18-6-2-1-5-17(18)15-21(28)27-12-4-3-7-20(27)16-9-13-26(14-10-16)22(29)19-8-11-24-25-19/h1-2,5-6,8,11,16,20H,3-4,7,9-10,12-15H2,(H,24,25)/t20-/m0/s1. The summed E-state index contributed by atoms with van der Waals surface area (Å²) in [7, 11) is 0. The Bertz CT molecular complexity index is 846. The molecule has 0 radical (unpaired) electrons. The monoisotopic (exact) mass is 398 g/mol. The molecule has 2 amide bonds. The van der Waals surface area contributed by atoms with Gasteiger partial charge in [-0.3, -0.25) is 14.7 Å². The number of aromatic nitrogens is 2.